The quantitative estimate of drug-likeness (QED) is 0.846. The second kappa shape index (κ2) is 6.36. The van der Waals surface area contributed by atoms with Crippen LogP contribution in [0.15, 0.2) is 29.9 Å². The van der Waals surface area contributed by atoms with Crippen LogP contribution >= 0.6 is 34.5 Å². The van der Waals surface area contributed by atoms with E-state index in [-0.39, 0.29) is 0 Å². The number of nitrogens with zero attached hydrogens (tertiary/aromatic N) is 1. The molecule has 0 aliphatic rings. The molecule has 2 aromatic rings. The summed E-state index contributed by atoms with van der Waals surface area (Å²) in [7, 11) is 0. The number of halogens is 2. The average molecular weight is 287 g/mol. The van der Waals surface area contributed by atoms with Crippen LogP contribution in [0.5, 0.6) is 0 Å². The van der Waals surface area contributed by atoms with Gasteiger partial charge in [0, 0.05) is 27.7 Å². The van der Waals surface area contributed by atoms with Crippen molar-refractivity contribution < 1.29 is 0 Å². The maximum atomic E-state index is 6.09. The van der Waals surface area contributed by atoms with Crippen LogP contribution in [0.2, 0.25) is 10.0 Å². The molecule has 0 bridgehead atoms. The maximum absolute atomic E-state index is 6.09. The molecular formula is C12H12Cl2N2S. The molecule has 0 saturated heterocycles. The number of benzene rings is 1. The largest absolute Gasteiger partial charge is 0.311 e. The minimum absolute atomic E-state index is 0.677. The summed E-state index contributed by atoms with van der Waals surface area (Å²) in [6.45, 7) is 1.75. The van der Waals surface area contributed by atoms with Crippen molar-refractivity contribution >= 4 is 34.5 Å². The minimum Gasteiger partial charge on any atom is -0.311 e. The van der Waals surface area contributed by atoms with Crippen LogP contribution < -0.4 is 5.32 Å². The van der Waals surface area contributed by atoms with E-state index in [2.05, 4.69) is 10.3 Å². The second-order valence-corrected chi connectivity index (χ2v) is 5.44. The lowest BCUT2D eigenvalue weighted by Crippen LogP contribution is -2.16. The standard InChI is InChI=1S/C12H12Cl2N2S/c13-10-2-1-9(12(14)5-10)3-4-15-6-11-7-16-8-17-11/h1-2,5,7-8,15H,3-4,6H2. The van der Waals surface area contributed by atoms with E-state index in [1.807, 2.05) is 23.8 Å². The molecule has 0 unspecified atom stereocenters. The van der Waals surface area contributed by atoms with E-state index in [0.717, 1.165) is 30.1 Å². The molecular weight excluding hydrogens is 275 g/mol. The van der Waals surface area contributed by atoms with Gasteiger partial charge in [0.25, 0.3) is 0 Å². The summed E-state index contributed by atoms with van der Waals surface area (Å²) in [6.07, 6.45) is 2.78. The minimum atomic E-state index is 0.677. The summed E-state index contributed by atoms with van der Waals surface area (Å²) >= 11 is 13.6. The molecule has 2 rings (SSSR count). The van der Waals surface area contributed by atoms with Gasteiger partial charge in [-0.25, -0.2) is 0 Å². The summed E-state index contributed by atoms with van der Waals surface area (Å²) in [5.74, 6) is 0. The van der Waals surface area contributed by atoms with Gasteiger partial charge < -0.3 is 5.32 Å². The average Bonchev–Trinajstić information content (AvgIpc) is 2.79. The fourth-order valence-electron chi connectivity index (χ4n) is 1.49. The number of hydrogen-bond acceptors (Lipinski definition) is 3. The van der Waals surface area contributed by atoms with E-state index >= 15 is 0 Å². The van der Waals surface area contributed by atoms with Crippen LogP contribution in [0.4, 0.5) is 0 Å². The highest BCUT2D eigenvalue weighted by Gasteiger charge is 2.01. The van der Waals surface area contributed by atoms with Crippen LogP contribution in [0.1, 0.15) is 10.4 Å². The molecule has 0 aliphatic heterocycles. The van der Waals surface area contributed by atoms with Gasteiger partial charge in [0.2, 0.25) is 0 Å². The lowest BCUT2D eigenvalue weighted by molar-refractivity contribution is 0.693. The molecule has 0 aliphatic carbocycles. The predicted octanol–water partition coefficient (Wildman–Crippen LogP) is 3.78. The highest BCUT2D eigenvalue weighted by Crippen LogP contribution is 2.21. The van der Waals surface area contributed by atoms with Gasteiger partial charge in [-0.2, -0.15) is 0 Å². The van der Waals surface area contributed by atoms with Crippen molar-refractivity contribution in [1.82, 2.24) is 10.3 Å². The highest BCUT2D eigenvalue weighted by molar-refractivity contribution is 7.09. The summed E-state index contributed by atoms with van der Waals surface area (Å²) in [5, 5.41) is 4.77. The summed E-state index contributed by atoms with van der Waals surface area (Å²) in [5.41, 5.74) is 2.96. The normalized spacial score (nSPS) is 10.7. The van der Waals surface area contributed by atoms with Gasteiger partial charge in [-0.1, -0.05) is 29.3 Å². The van der Waals surface area contributed by atoms with E-state index in [9.17, 15) is 0 Å². The molecule has 0 radical (unpaired) electrons. The Hall–Kier alpha value is -0.610. The number of hydrogen-bond donors (Lipinski definition) is 1. The van der Waals surface area contributed by atoms with Crippen molar-refractivity contribution in [3.05, 3.63) is 50.4 Å². The van der Waals surface area contributed by atoms with Crippen molar-refractivity contribution in [1.29, 1.82) is 0 Å². The molecule has 1 aromatic heterocycles. The first-order chi connectivity index (χ1) is 8.25. The third-order valence-electron chi connectivity index (χ3n) is 2.37. The van der Waals surface area contributed by atoms with Crippen LogP contribution in [-0.2, 0) is 13.0 Å². The second-order valence-electron chi connectivity index (χ2n) is 3.63. The topological polar surface area (TPSA) is 24.9 Å². The van der Waals surface area contributed by atoms with Gasteiger partial charge in [0.15, 0.2) is 0 Å². The Kier molecular flexibility index (Phi) is 4.80. The zero-order valence-corrected chi connectivity index (χ0v) is 11.4. The zero-order chi connectivity index (χ0) is 12.1. The molecule has 2 nitrogen and oxygen atoms in total. The third kappa shape index (κ3) is 3.96. The lowest BCUT2D eigenvalue weighted by atomic mass is 10.1. The van der Waals surface area contributed by atoms with Gasteiger partial charge in [0.05, 0.1) is 5.51 Å². The third-order valence-corrected chi connectivity index (χ3v) is 3.74. The van der Waals surface area contributed by atoms with Crippen LogP contribution in [0, 0.1) is 0 Å². The number of nitrogens with one attached hydrogen (secondary N) is 1. The molecule has 1 heterocycles. The molecule has 0 fully saturated rings. The molecule has 1 aromatic carbocycles. The lowest BCUT2D eigenvalue weighted by Gasteiger charge is -2.05. The summed E-state index contributed by atoms with van der Waals surface area (Å²) < 4.78 is 0. The van der Waals surface area contributed by atoms with Crippen molar-refractivity contribution in [2.75, 3.05) is 6.54 Å². The Morgan fingerprint density at radius 1 is 1.29 bits per heavy atom. The van der Waals surface area contributed by atoms with Crippen LogP contribution in [-0.4, -0.2) is 11.5 Å². The first kappa shape index (κ1) is 12.8. The van der Waals surface area contributed by atoms with Crippen molar-refractivity contribution in [2.24, 2.45) is 0 Å². The van der Waals surface area contributed by atoms with Crippen LogP contribution in [0.25, 0.3) is 0 Å². The fraction of sp³-hybridized carbons (Fsp3) is 0.250. The van der Waals surface area contributed by atoms with Crippen molar-refractivity contribution in [2.45, 2.75) is 13.0 Å². The highest BCUT2D eigenvalue weighted by atomic mass is 35.5. The van der Waals surface area contributed by atoms with E-state index in [1.165, 1.54) is 4.88 Å². The monoisotopic (exact) mass is 286 g/mol. The van der Waals surface area contributed by atoms with E-state index in [0.29, 0.717) is 5.02 Å². The Morgan fingerprint density at radius 3 is 2.88 bits per heavy atom. The van der Waals surface area contributed by atoms with Gasteiger partial charge in [-0.3, -0.25) is 4.98 Å². The number of thiazole rings is 1. The van der Waals surface area contributed by atoms with E-state index in [4.69, 9.17) is 23.2 Å². The Morgan fingerprint density at radius 2 is 2.18 bits per heavy atom. The molecule has 0 saturated carbocycles. The predicted molar refractivity (Wildman–Crippen MR) is 74.0 cm³/mol. The Labute approximate surface area is 115 Å². The Balaban J connectivity index is 1.78. The first-order valence-electron chi connectivity index (χ1n) is 5.28. The van der Waals surface area contributed by atoms with E-state index < -0.39 is 0 Å². The van der Waals surface area contributed by atoms with Crippen molar-refractivity contribution in [3.8, 4) is 0 Å². The molecule has 17 heavy (non-hydrogen) atoms. The first-order valence-corrected chi connectivity index (χ1v) is 6.91. The molecule has 90 valence electrons. The Bertz CT molecular complexity index is 471. The molecule has 0 spiro atoms. The molecule has 0 amide bonds. The molecule has 1 N–H and O–H groups in total. The SMILES string of the molecule is Clc1ccc(CCNCc2cncs2)c(Cl)c1. The summed E-state index contributed by atoms with van der Waals surface area (Å²) in [4.78, 5) is 5.27. The maximum Gasteiger partial charge on any atom is 0.0794 e. The van der Waals surface area contributed by atoms with Gasteiger partial charge >= 0.3 is 0 Å². The number of aromatic nitrogens is 1. The molecule has 5 heteroatoms. The van der Waals surface area contributed by atoms with Crippen LogP contribution in [0.3, 0.4) is 0 Å². The molecule has 0 atom stereocenters. The number of rotatable bonds is 5. The summed E-state index contributed by atoms with van der Waals surface area (Å²) in [6, 6.07) is 5.62. The smallest absolute Gasteiger partial charge is 0.0794 e. The van der Waals surface area contributed by atoms with Gasteiger partial charge in [0.1, 0.15) is 0 Å². The van der Waals surface area contributed by atoms with Gasteiger partial charge in [-0.05, 0) is 30.7 Å². The van der Waals surface area contributed by atoms with Crippen molar-refractivity contribution in [3.63, 3.8) is 0 Å². The fourth-order valence-corrected chi connectivity index (χ4v) is 2.56. The van der Waals surface area contributed by atoms with Gasteiger partial charge in [-0.15, -0.1) is 11.3 Å². The zero-order valence-electron chi connectivity index (χ0n) is 9.12. The van der Waals surface area contributed by atoms with E-state index in [1.54, 1.807) is 17.4 Å².